The molecule has 0 N–H and O–H groups in total. The maximum Gasteiger partial charge on any atom is 0.148 e. The van der Waals surface area contributed by atoms with Gasteiger partial charge < -0.3 is 0 Å². The molecule has 2 rings (SSSR count). The van der Waals surface area contributed by atoms with Gasteiger partial charge in [-0.2, -0.15) is 0 Å². The Kier molecular flexibility index (Phi) is 1.98. The molecule has 0 radical (unpaired) electrons. The highest BCUT2D eigenvalue weighted by Gasteiger charge is 2.05. The number of hydrogen-bond acceptors (Lipinski definition) is 3. The second-order valence-electron chi connectivity index (χ2n) is 2.23. The van der Waals surface area contributed by atoms with Crippen molar-refractivity contribution in [2.24, 2.45) is 0 Å². The molecule has 1 heterocycles. The fraction of sp³-hybridized carbons (Fsp3) is 0. The van der Waals surface area contributed by atoms with Gasteiger partial charge in [0, 0.05) is 6.07 Å². The van der Waals surface area contributed by atoms with Crippen LogP contribution in [0.5, 0.6) is 0 Å². The third-order valence-electron chi connectivity index (χ3n) is 1.42. The molecule has 0 saturated heterocycles. The van der Waals surface area contributed by atoms with Crippen LogP contribution in [0.2, 0.25) is 5.02 Å². The first-order valence-corrected chi connectivity index (χ1v) is 4.75. The molecule has 1 aromatic heterocycles. The molecule has 0 atom stereocenters. The molecular weight excluding hydrogens is 217 g/mol. The molecule has 2 aromatic rings. The van der Waals surface area contributed by atoms with Crippen LogP contribution in [0.1, 0.15) is 0 Å². The lowest BCUT2D eigenvalue weighted by molar-refractivity contribution is 0.630. The van der Waals surface area contributed by atoms with E-state index in [4.69, 9.17) is 11.6 Å². The molecule has 5 heteroatoms. The molecular formula is C7H3ClFNS2. The quantitative estimate of drug-likeness (QED) is 0.671. The van der Waals surface area contributed by atoms with Crippen molar-refractivity contribution in [3.8, 4) is 0 Å². The summed E-state index contributed by atoms with van der Waals surface area (Å²) in [5.74, 6) is -0.442. The number of benzene rings is 1. The maximum absolute atomic E-state index is 12.9. The minimum atomic E-state index is -0.442. The van der Waals surface area contributed by atoms with E-state index in [9.17, 15) is 4.39 Å². The Morgan fingerprint density at radius 3 is 3.00 bits per heavy atom. The highest BCUT2D eigenvalue weighted by atomic mass is 35.5. The van der Waals surface area contributed by atoms with Crippen LogP contribution in [-0.4, -0.2) is 4.98 Å². The van der Waals surface area contributed by atoms with Gasteiger partial charge in [0.1, 0.15) is 10.2 Å². The van der Waals surface area contributed by atoms with Crippen molar-refractivity contribution in [1.82, 2.24) is 4.98 Å². The lowest BCUT2D eigenvalue weighted by Crippen LogP contribution is -1.75. The Balaban J connectivity index is 2.83. The van der Waals surface area contributed by atoms with Crippen LogP contribution in [0.3, 0.4) is 0 Å². The van der Waals surface area contributed by atoms with Gasteiger partial charge >= 0.3 is 0 Å². The Morgan fingerprint density at radius 2 is 2.25 bits per heavy atom. The van der Waals surface area contributed by atoms with Crippen LogP contribution < -0.4 is 0 Å². The van der Waals surface area contributed by atoms with E-state index in [1.54, 1.807) is 6.07 Å². The first-order chi connectivity index (χ1) is 5.66. The molecule has 1 aromatic carbocycles. The Bertz CT molecular complexity index is 401. The van der Waals surface area contributed by atoms with Crippen LogP contribution in [0.4, 0.5) is 4.39 Å². The van der Waals surface area contributed by atoms with Crippen LogP contribution in [-0.2, 0) is 0 Å². The summed E-state index contributed by atoms with van der Waals surface area (Å²) in [4.78, 5) is 4.00. The van der Waals surface area contributed by atoms with Gasteiger partial charge in [-0.05, 0) is 6.07 Å². The van der Waals surface area contributed by atoms with E-state index < -0.39 is 5.82 Å². The van der Waals surface area contributed by atoms with E-state index in [1.165, 1.54) is 17.4 Å². The number of thiol groups is 1. The Morgan fingerprint density at radius 1 is 1.50 bits per heavy atom. The molecule has 62 valence electrons. The van der Waals surface area contributed by atoms with Crippen LogP contribution in [0.15, 0.2) is 16.5 Å². The third-order valence-corrected chi connectivity index (χ3v) is 2.90. The summed E-state index contributed by atoms with van der Waals surface area (Å²) >= 11 is 11.0. The standard InChI is InChI=1S/C7H3ClFNS2/c8-3-1-6-5(2-4(3)9)10-7(11)12-6/h1-2H,(H,10,11). The van der Waals surface area contributed by atoms with Crippen molar-refractivity contribution < 1.29 is 4.39 Å². The lowest BCUT2D eigenvalue weighted by atomic mass is 10.3. The molecule has 12 heavy (non-hydrogen) atoms. The number of nitrogens with zero attached hydrogens (tertiary/aromatic N) is 1. The minimum absolute atomic E-state index is 0.125. The first-order valence-electron chi connectivity index (χ1n) is 3.11. The lowest BCUT2D eigenvalue weighted by Gasteiger charge is -1.91. The van der Waals surface area contributed by atoms with E-state index in [0.29, 0.717) is 9.86 Å². The summed E-state index contributed by atoms with van der Waals surface area (Å²) in [5, 5.41) is 0.125. The SMILES string of the molecule is Fc1cc2nc(S)sc2cc1Cl. The van der Waals surface area contributed by atoms with Gasteiger partial charge in [0.05, 0.1) is 15.2 Å². The van der Waals surface area contributed by atoms with Crippen molar-refractivity contribution in [3.63, 3.8) is 0 Å². The average molecular weight is 220 g/mol. The molecule has 0 fully saturated rings. The highest BCUT2D eigenvalue weighted by Crippen LogP contribution is 2.28. The van der Waals surface area contributed by atoms with Crippen molar-refractivity contribution in [2.75, 3.05) is 0 Å². The van der Waals surface area contributed by atoms with Crippen molar-refractivity contribution >= 4 is 45.8 Å². The molecule has 0 aliphatic heterocycles. The highest BCUT2D eigenvalue weighted by molar-refractivity contribution is 7.82. The van der Waals surface area contributed by atoms with Crippen LogP contribution in [0.25, 0.3) is 10.2 Å². The molecule has 0 aliphatic rings. The van der Waals surface area contributed by atoms with Gasteiger partial charge in [-0.3, -0.25) is 0 Å². The fourth-order valence-corrected chi connectivity index (χ4v) is 2.27. The first kappa shape index (κ1) is 8.29. The van der Waals surface area contributed by atoms with Crippen LogP contribution >= 0.6 is 35.6 Å². The summed E-state index contributed by atoms with van der Waals surface area (Å²) in [6.07, 6.45) is 0. The van der Waals surface area contributed by atoms with Crippen molar-refractivity contribution in [1.29, 1.82) is 0 Å². The average Bonchev–Trinajstić information content (AvgIpc) is 2.30. The zero-order valence-corrected chi connectivity index (χ0v) is 8.18. The monoisotopic (exact) mass is 219 g/mol. The van der Waals surface area contributed by atoms with Gasteiger partial charge in [0.25, 0.3) is 0 Å². The summed E-state index contributed by atoms with van der Waals surface area (Å²) < 4.78 is 14.3. The topological polar surface area (TPSA) is 12.9 Å². The van der Waals surface area contributed by atoms with Gasteiger partial charge in [-0.15, -0.1) is 24.0 Å². The summed E-state index contributed by atoms with van der Waals surface area (Å²) in [5.41, 5.74) is 0.604. The van der Waals surface area contributed by atoms with Crippen LogP contribution in [0, 0.1) is 5.82 Å². The second kappa shape index (κ2) is 2.87. The van der Waals surface area contributed by atoms with E-state index in [-0.39, 0.29) is 5.02 Å². The summed E-state index contributed by atoms with van der Waals surface area (Å²) in [7, 11) is 0. The predicted molar refractivity (Wildman–Crippen MR) is 51.8 cm³/mol. The molecule has 0 amide bonds. The number of rotatable bonds is 0. The zero-order valence-electron chi connectivity index (χ0n) is 5.71. The Hall–Kier alpha value is -0.320. The summed E-state index contributed by atoms with van der Waals surface area (Å²) in [6.45, 7) is 0. The normalized spacial score (nSPS) is 10.9. The second-order valence-corrected chi connectivity index (χ2v) is 4.39. The van der Waals surface area contributed by atoms with Gasteiger partial charge in [-0.25, -0.2) is 9.37 Å². The van der Waals surface area contributed by atoms with Crippen molar-refractivity contribution in [3.05, 3.63) is 23.0 Å². The van der Waals surface area contributed by atoms with Gasteiger partial charge in [0.2, 0.25) is 0 Å². The van der Waals surface area contributed by atoms with Crippen molar-refractivity contribution in [2.45, 2.75) is 4.34 Å². The fourth-order valence-electron chi connectivity index (χ4n) is 0.911. The molecule has 0 spiro atoms. The van der Waals surface area contributed by atoms with E-state index >= 15 is 0 Å². The number of halogens is 2. The molecule has 0 bridgehead atoms. The molecule has 1 nitrogen and oxygen atoms in total. The Labute approximate surface area is 82.6 Å². The van der Waals surface area contributed by atoms with Gasteiger partial charge in [0.15, 0.2) is 0 Å². The predicted octanol–water partition coefficient (Wildman–Crippen LogP) is 3.38. The molecule has 0 saturated carbocycles. The number of hydrogen-bond donors (Lipinski definition) is 1. The number of fused-ring (bicyclic) bond motifs is 1. The largest absolute Gasteiger partial charge is 0.230 e. The zero-order chi connectivity index (χ0) is 8.72. The van der Waals surface area contributed by atoms with E-state index in [1.807, 2.05) is 0 Å². The third kappa shape index (κ3) is 1.30. The molecule has 0 unspecified atom stereocenters. The minimum Gasteiger partial charge on any atom is -0.230 e. The smallest absolute Gasteiger partial charge is 0.148 e. The van der Waals surface area contributed by atoms with Gasteiger partial charge in [-0.1, -0.05) is 11.6 Å². The number of thiazole rings is 1. The maximum atomic E-state index is 12.9. The van der Waals surface area contributed by atoms with E-state index in [2.05, 4.69) is 17.6 Å². The van der Waals surface area contributed by atoms with E-state index in [0.717, 1.165) is 4.70 Å². The molecule has 0 aliphatic carbocycles. The summed E-state index contributed by atoms with van der Waals surface area (Å²) in [6, 6.07) is 2.87. The number of aromatic nitrogens is 1.